The van der Waals surface area contributed by atoms with Crippen molar-refractivity contribution in [3.05, 3.63) is 34.9 Å². The van der Waals surface area contributed by atoms with E-state index in [1.807, 2.05) is 0 Å². The predicted molar refractivity (Wildman–Crippen MR) is 36.1 cm³/mol. The maximum absolute atomic E-state index is 12.7. The van der Waals surface area contributed by atoms with E-state index in [2.05, 4.69) is 0 Å². The van der Waals surface area contributed by atoms with Crippen molar-refractivity contribution < 1.29 is 22.0 Å². The van der Waals surface area contributed by atoms with Crippen molar-refractivity contribution in [1.82, 2.24) is 0 Å². The molecule has 0 saturated carbocycles. The van der Waals surface area contributed by atoms with Crippen LogP contribution in [0.1, 0.15) is 11.1 Å². The fourth-order valence-corrected chi connectivity index (χ4v) is 0.844. The summed E-state index contributed by atoms with van der Waals surface area (Å²) < 4.78 is 61.3. The Morgan fingerprint density at radius 2 is 1.50 bits per heavy atom. The van der Waals surface area contributed by atoms with Gasteiger partial charge in [0.15, 0.2) is 0 Å². The largest absolute Gasteiger partial charge is 0.416 e. The van der Waals surface area contributed by atoms with E-state index in [-0.39, 0.29) is 12.1 Å². The Bertz CT molecular complexity index is 378. The van der Waals surface area contributed by atoms with Crippen molar-refractivity contribution in [1.29, 1.82) is 5.26 Å². The molecule has 0 aliphatic rings. The van der Waals surface area contributed by atoms with Gasteiger partial charge in [0.25, 0.3) is 0 Å². The molecular formula is C8H2F5N. The summed E-state index contributed by atoms with van der Waals surface area (Å²) in [5.41, 5.74) is -2.47. The average Bonchev–Trinajstić information content (AvgIpc) is 2.01. The molecular weight excluding hydrogens is 205 g/mol. The van der Waals surface area contributed by atoms with Crippen LogP contribution in [-0.4, -0.2) is 0 Å². The quantitative estimate of drug-likeness (QED) is 0.600. The van der Waals surface area contributed by atoms with Gasteiger partial charge in [-0.1, -0.05) is 0 Å². The van der Waals surface area contributed by atoms with Gasteiger partial charge in [0.05, 0.1) is 5.56 Å². The molecule has 0 N–H and O–H groups in total. The van der Waals surface area contributed by atoms with Crippen LogP contribution in [0.15, 0.2) is 12.1 Å². The first kappa shape index (κ1) is 10.4. The Morgan fingerprint density at radius 3 is 1.79 bits per heavy atom. The predicted octanol–water partition coefficient (Wildman–Crippen LogP) is 2.86. The number of nitriles is 1. The zero-order chi connectivity index (χ0) is 10.9. The number of rotatable bonds is 0. The third kappa shape index (κ3) is 1.82. The van der Waals surface area contributed by atoms with Gasteiger partial charge in [-0.15, -0.1) is 0 Å². The summed E-state index contributed by atoms with van der Waals surface area (Å²) in [5, 5.41) is 8.18. The van der Waals surface area contributed by atoms with E-state index < -0.39 is 28.9 Å². The van der Waals surface area contributed by atoms with Gasteiger partial charge in [0.1, 0.15) is 23.3 Å². The van der Waals surface area contributed by atoms with Crippen LogP contribution < -0.4 is 0 Å². The van der Waals surface area contributed by atoms with Gasteiger partial charge in [-0.2, -0.15) is 18.4 Å². The van der Waals surface area contributed by atoms with Crippen molar-refractivity contribution in [3.8, 4) is 6.07 Å². The molecule has 1 rings (SSSR count). The summed E-state index contributed by atoms with van der Waals surface area (Å²) in [6.45, 7) is 0. The maximum Gasteiger partial charge on any atom is 0.416 e. The van der Waals surface area contributed by atoms with Crippen molar-refractivity contribution in [2.75, 3.05) is 0 Å². The number of hydrogen-bond donors (Lipinski definition) is 0. The van der Waals surface area contributed by atoms with Crippen molar-refractivity contribution in [3.63, 3.8) is 0 Å². The molecule has 0 unspecified atom stereocenters. The number of benzene rings is 1. The van der Waals surface area contributed by atoms with Crippen LogP contribution in [0.2, 0.25) is 0 Å². The van der Waals surface area contributed by atoms with Gasteiger partial charge in [0.2, 0.25) is 0 Å². The van der Waals surface area contributed by atoms with E-state index in [0.29, 0.717) is 0 Å². The van der Waals surface area contributed by atoms with Crippen LogP contribution in [0.25, 0.3) is 0 Å². The molecule has 0 aromatic heterocycles. The first-order chi connectivity index (χ1) is 6.36. The third-order valence-corrected chi connectivity index (χ3v) is 1.48. The molecule has 0 aliphatic heterocycles. The van der Waals surface area contributed by atoms with E-state index in [4.69, 9.17) is 5.26 Å². The number of nitrogens with zero attached hydrogens (tertiary/aromatic N) is 1. The molecule has 0 aliphatic carbocycles. The summed E-state index contributed by atoms with van der Waals surface area (Å²) >= 11 is 0. The SMILES string of the molecule is N#Cc1c(F)cc(C(F)(F)F)cc1F. The third-order valence-electron chi connectivity index (χ3n) is 1.48. The standard InChI is InChI=1S/C8H2F5N/c9-6-1-4(8(11,12)13)2-7(10)5(6)3-14/h1-2H. The fraction of sp³-hybridized carbons (Fsp3) is 0.125. The zero-order valence-electron chi connectivity index (χ0n) is 6.49. The Labute approximate surface area is 75.4 Å². The highest BCUT2D eigenvalue weighted by atomic mass is 19.4. The van der Waals surface area contributed by atoms with Crippen LogP contribution in [0.3, 0.4) is 0 Å². The van der Waals surface area contributed by atoms with Gasteiger partial charge in [0, 0.05) is 0 Å². The topological polar surface area (TPSA) is 23.8 Å². The van der Waals surface area contributed by atoms with Gasteiger partial charge in [-0.05, 0) is 12.1 Å². The molecule has 0 atom stereocenters. The summed E-state index contributed by atoms with van der Waals surface area (Å²) in [5.74, 6) is -3.03. The molecule has 1 aromatic rings. The molecule has 74 valence electrons. The number of halogens is 5. The molecule has 0 bridgehead atoms. The highest BCUT2D eigenvalue weighted by Gasteiger charge is 2.32. The number of alkyl halides is 3. The van der Waals surface area contributed by atoms with Crippen LogP contribution in [0, 0.1) is 23.0 Å². The highest BCUT2D eigenvalue weighted by Crippen LogP contribution is 2.31. The van der Waals surface area contributed by atoms with E-state index in [1.54, 1.807) is 0 Å². The van der Waals surface area contributed by atoms with E-state index in [0.717, 1.165) is 6.07 Å². The van der Waals surface area contributed by atoms with Crippen LogP contribution in [-0.2, 0) is 6.18 Å². The summed E-state index contributed by atoms with van der Waals surface area (Å²) in [7, 11) is 0. The molecule has 0 radical (unpaired) electrons. The molecule has 1 nitrogen and oxygen atoms in total. The Morgan fingerprint density at radius 1 is 1.07 bits per heavy atom. The van der Waals surface area contributed by atoms with Crippen molar-refractivity contribution in [2.24, 2.45) is 0 Å². The first-order valence-electron chi connectivity index (χ1n) is 3.32. The summed E-state index contributed by atoms with van der Waals surface area (Å²) in [6, 6.07) is 1.29. The second-order valence-electron chi connectivity index (χ2n) is 2.42. The van der Waals surface area contributed by atoms with Gasteiger partial charge >= 0.3 is 6.18 Å². The minimum atomic E-state index is -4.82. The Balaban J connectivity index is 3.37. The molecule has 1 aromatic carbocycles. The molecule has 0 saturated heterocycles. The van der Waals surface area contributed by atoms with Gasteiger partial charge in [-0.25, -0.2) is 8.78 Å². The van der Waals surface area contributed by atoms with E-state index in [9.17, 15) is 22.0 Å². The summed E-state index contributed by atoms with van der Waals surface area (Å²) in [6.07, 6.45) is -4.82. The lowest BCUT2D eigenvalue weighted by atomic mass is 10.1. The second kappa shape index (κ2) is 3.25. The second-order valence-corrected chi connectivity index (χ2v) is 2.42. The minimum absolute atomic E-state index is 0.0850. The lowest BCUT2D eigenvalue weighted by molar-refractivity contribution is -0.138. The molecule has 0 amide bonds. The van der Waals surface area contributed by atoms with Crippen LogP contribution >= 0.6 is 0 Å². The number of hydrogen-bond acceptors (Lipinski definition) is 1. The smallest absolute Gasteiger partial charge is 0.205 e. The monoisotopic (exact) mass is 207 g/mol. The Hall–Kier alpha value is -1.64. The lowest BCUT2D eigenvalue weighted by Crippen LogP contribution is -2.07. The van der Waals surface area contributed by atoms with E-state index >= 15 is 0 Å². The molecule has 0 fully saturated rings. The first-order valence-corrected chi connectivity index (χ1v) is 3.32. The summed E-state index contributed by atoms with van der Waals surface area (Å²) in [4.78, 5) is 0. The van der Waals surface area contributed by atoms with Crippen LogP contribution in [0.4, 0.5) is 22.0 Å². The lowest BCUT2D eigenvalue weighted by Gasteiger charge is -2.07. The van der Waals surface area contributed by atoms with E-state index in [1.165, 1.54) is 0 Å². The molecule has 14 heavy (non-hydrogen) atoms. The average molecular weight is 207 g/mol. The van der Waals surface area contributed by atoms with Crippen molar-refractivity contribution >= 4 is 0 Å². The maximum atomic E-state index is 12.7. The fourth-order valence-electron chi connectivity index (χ4n) is 0.844. The molecule has 0 heterocycles. The van der Waals surface area contributed by atoms with Crippen LogP contribution in [0.5, 0.6) is 0 Å². The zero-order valence-corrected chi connectivity index (χ0v) is 6.49. The normalized spacial score (nSPS) is 11.1. The highest BCUT2D eigenvalue weighted by molar-refractivity contribution is 5.36. The Kier molecular flexibility index (Phi) is 2.43. The van der Waals surface area contributed by atoms with Crippen molar-refractivity contribution in [2.45, 2.75) is 6.18 Å². The van der Waals surface area contributed by atoms with Gasteiger partial charge < -0.3 is 0 Å². The molecule has 6 heteroatoms. The van der Waals surface area contributed by atoms with Gasteiger partial charge in [-0.3, -0.25) is 0 Å². The minimum Gasteiger partial charge on any atom is -0.205 e. The molecule has 0 spiro atoms.